The van der Waals surface area contributed by atoms with E-state index in [0.717, 1.165) is 49.9 Å². The second-order valence-electron chi connectivity index (χ2n) is 8.84. The highest BCUT2D eigenvalue weighted by molar-refractivity contribution is 6.28. The minimum Gasteiger partial charge on any atom is -0.375 e. The summed E-state index contributed by atoms with van der Waals surface area (Å²) >= 11 is 6.28. The number of aromatic nitrogens is 4. The van der Waals surface area contributed by atoms with Crippen molar-refractivity contribution in [1.29, 1.82) is 0 Å². The minimum absolute atomic E-state index is 0.271. The van der Waals surface area contributed by atoms with Crippen molar-refractivity contribution in [3.63, 3.8) is 0 Å². The normalized spacial score (nSPS) is 21.3. The second-order valence-corrected chi connectivity index (χ2v) is 9.18. The molecular weight excluding hydrogens is 400 g/mol. The van der Waals surface area contributed by atoms with Gasteiger partial charge in [-0.1, -0.05) is 26.7 Å². The number of fused-ring (bicyclic) bond motifs is 1. The molecular formula is C22H35ClN6O. The van der Waals surface area contributed by atoms with Crippen LogP contribution in [0.15, 0.2) is 6.33 Å². The predicted octanol–water partition coefficient (Wildman–Crippen LogP) is 5.23. The molecule has 0 radical (unpaired) electrons. The maximum Gasteiger partial charge on any atom is 0.226 e. The summed E-state index contributed by atoms with van der Waals surface area (Å²) in [5.41, 5.74) is 5.12. The molecule has 7 nitrogen and oxygen atoms in total. The maximum absolute atomic E-state index is 6.28. The molecule has 1 aliphatic heterocycles. The Morgan fingerprint density at radius 3 is 2.53 bits per heavy atom. The van der Waals surface area contributed by atoms with Crippen molar-refractivity contribution < 1.29 is 4.74 Å². The van der Waals surface area contributed by atoms with Gasteiger partial charge in [0.1, 0.15) is 0 Å². The summed E-state index contributed by atoms with van der Waals surface area (Å²) < 4.78 is 8.46. The number of nitrogens with zero attached hydrogens (tertiary/aromatic N) is 5. The Hall–Kier alpha value is -1.44. The van der Waals surface area contributed by atoms with Crippen molar-refractivity contribution in [1.82, 2.24) is 24.5 Å². The fourth-order valence-electron chi connectivity index (χ4n) is 4.89. The number of rotatable bonds is 8. The van der Waals surface area contributed by atoms with Gasteiger partial charge in [-0.3, -0.25) is 0 Å². The van der Waals surface area contributed by atoms with Crippen LogP contribution in [0.2, 0.25) is 5.28 Å². The lowest BCUT2D eigenvalue weighted by atomic mass is 9.90. The number of ether oxygens (including phenoxy) is 1. The van der Waals surface area contributed by atoms with Gasteiger partial charge in [0.25, 0.3) is 0 Å². The topological polar surface area (TPSA) is 68.1 Å². The van der Waals surface area contributed by atoms with E-state index in [9.17, 15) is 0 Å². The molecule has 166 valence electrons. The van der Waals surface area contributed by atoms with Gasteiger partial charge in [-0.05, 0) is 63.0 Å². The van der Waals surface area contributed by atoms with E-state index in [1.807, 2.05) is 6.33 Å². The number of halogens is 1. The zero-order valence-corrected chi connectivity index (χ0v) is 19.2. The molecule has 1 N–H and O–H groups in total. The zero-order valence-electron chi connectivity index (χ0n) is 18.5. The van der Waals surface area contributed by atoms with E-state index >= 15 is 0 Å². The number of hydrogen-bond acceptors (Lipinski definition) is 6. The number of hydrogen-bond donors (Lipinski definition) is 1. The fraction of sp³-hybridized carbons (Fsp3) is 0.773. The summed E-state index contributed by atoms with van der Waals surface area (Å²) in [6.07, 6.45) is 11.8. The lowest BCUT2D eigenvalue weighted by Gasteiger charge is -2.36. The molecule has 0 amide bonds. The van der Waals surface area contributed by atoms with Crippen LogP contribution in [0.5, 0.6) is 0 Å². The number of piperidine rings is 1. The molecule has 2 fully saturated rings. The molecule has 4 rings (SSSR count). The quantitative estimate of drug-likeness (QED) is 0.574. The molecule has 2 atom stereocenters. The predicted molar refractivity (Wildman–Crippen MR) is 121 cm³/mol. The maximum atomic E-state index is 6.28. The van der Waals surface area contributed by atoms with Gasteiger partial charge in [0.2, 0.25) is 5.28 Å². The molecule has 1 saturated carbocycles. The van der Waals surface area contributed by atoms with Crippen LogP contribution in [0, 0.1) is 5.92 Å². The van der Waals surface area contributed by atoms with Gasteiger partial charge in [0.15, 0.2) is 17.0 Å². The Balaban J connectivity index is 1.43. The van der Waals surface area contributed by atoms with E-state index in [-0.39, 0.29) is 5.28 Å². The van der Waals surface area contributed by atoms with Gasteiger partial charge in [0, 0.05) is 19.1 Å². The van der Waals surface area contributed by atoms with Crippen LogP contribution in [0.25, 0.3) is 11.2 Å². The van der Waals surface area contributed by atoms with Gasteiger partial charge in [-0.2, -0.15) is 9.97 Å². The van der Waals surface area contributed by atoms with Crippen LogP contribution in [0.1, 0.15) is 78.2 Å². The summed E-state index contributed by atoms with van der Waals surface area (Å²) in [4.78, 5) is 13.6. The first-order chi connectivity index (χ1) is 14.6. The number of anilines is 1. The van der Waals surface area contributed by atoms with Crippen molar-refractivity contribution in [2.24, 2.45) is 5.92 Å². The van der Waals surface area contributed by atoms with Gasteiger partial charge in [-0.25, -0.2) is 9.99 Å². The van der Waals surface area contributed by atoms with Crippen molar-refractivity contribution in [3.05, 3.63) is 11.6 Å². The van der Waals surface area contributed by atoms with Crippen LogP contribution < -0.4 is 5.43 Å². The highest BCUT2D eigenvalue weighted by Gasteiger charge is 2.28. The molecule has 2 aromatic rings. The third-order valence-electron chi connectivity index (χ3n) is 6.83. The third kappa shape index (κ3) is 4.73. The van der Waals surface area contributed by atoms with Crippen molar-refractivity contribution in [3.8, 4) is 0 Å². The molecule has 30 heavy (non-hydrogen) atoms. The number of imidazole rings is 1. The van der Waals surface area contributed by atoms with Gasteiger partial charge >= 0.3 is 0 Å². The van der Waals surface area contributed by atoms with Crippen molar-refractivity contribution in [2.45, 2.75) is 90.4 Å². The van der Waals surface area contributed by atoms with Gasteiger partial charge < -0.3 is 14.7 Å². The van der Waals surface area contributed by atoms with Crippen LogP contribution in [-0.4, -0.2) is 49.8 Å². The Bertz CT molecular complexity index is 828. The molecule has 1 saturated heterocycles. The average molecular weight is 435 g/mol. The Labute approximate surface area is 184 Å². The molecule has 2 aliphatic rings. The van der Waals surface area contributed by atoms with Crippen LogP contribution >= 0.6 is 11.6 Å². The van der Waals surface area contributed by atoms with Crippen LogP contribution in [0.3, 0.4) is 0 Å². The highest BCUT2D eigenvalue weighted by Crippen LogP contribution is 2.33. The zero-order chi connectivity index (χ0) is 21.1. The molecule has 0 bridgehead atoms. The smallest absolute Gasteiger partial charge is 0.226 e. The lowest BCUT2D eigenvalue weighted by molar-refractivity contribution is -0.0504. The van der Waals surface area contributed by atoms with E-state index in [0.29, 0.717) is 30.0 Å². The molecule has 1 aliphatic carbocycles. The number of hydrazine groups is 1. The molecule has 0 aromatic carbocycles. The average Bonchev–Trinajstić information content (AvgIpc) is 3.42. The molecule has 0 spiro atoms. The lowest BCUT2D eigenvalue weighted by Crippen LogP contribution is -2.42. The summed E-state index contributed by atoms with van der Waals surface area (Å²) in [5.74, 6) is 1.32. The third-order valence-corrected chi connectivity index (χ3v) is 7.00. The van der Waals surface area contributed by atoms with Gasteiger partial charge in [0.05, 0.1) is 18.5 Å². The second kappa shape index (κ2) is 9.79. The van der Waals surface area contributed by atoms with E-state index in [1.165, 1.54) is 25.7 Å². The highest BCUT2D eigenvalue weighted by atomic mass is 35.5. The largest absolute Gasteiger partial charge is 0.375 e. The molecule has 8 heteroatoms. The Kier molecular flexibility index (Phi) is 7.11. The monoisotopic (exact) mass is 434 g/mol. The van der Waals surface area contributed by atoms with E-state index in [4.69, 9.17) is 16.3 Å². The molecule has 2 aromatic heterocycles. The van der Waals surface area contributed by atoms with Crippen LogP contribution in [0.4, 0.5) is 5.82 Å². The summed E-state index contributed by atoms with van der Waals surface area (Å²) in [7, 11) is 0. The van der Waals surface area contributed by atoms with Crippen molar-refractivity contribution >= 4 is 28.6 Å². The number of nitrogens with one attached hydrogen (secondary N) is 1. The Morgan fingerprint density at radius 2 is 1.87 bits per heavy atom. The molecule has 3 heterocycles. The fourth-order valence-corrected chi connectivity index (χ4v) is 5.05. The van der Waals surface area contributed by atoms with Gasteiger partial charge in [-0.15, -0.1) is 0 Å². The standard InChI is InChI=1S/C22H35ClN6O/c1-4-15(3)30-18(5-2)16-10-12-28(13-11-16)27-20-19-21(26-22(23)25-20)29(14-24-19)17-8-6-7-9-17/h14-18H,4-13H2,1-3H3,(H,25,26,27). The summed E-state index contributed by atoms with van der Waals surface area (Å²) in [6, 6.07) is 0.473. The van der Waals surface area contributed by atoms with Crippen LogP contribution in [-0.2, 0) is 4.74 Å². The SMILES string of the molecule is CCC(C)OC(CC)C1CCN(Nc2nc(Cl)nc3c2ncn3C2CCCC2)CC1. The first-order valence-electron chi connectivity index (χ1n) is 11.7. The molecule has 2 unspecified atom stereocenters. The summed E-state index contributed by atoms with van der Waals surface area (Å²) in [5, 5.41) is 2.51. The first kappa shape index (κ1) is 21.8. The van der Waals surface area contributed by atoms with E-state index in [1.54, 1.807) is 0 Å². The van der Waals surface area contributed by atoms with E-state index < -0.39 is 0 Å². The van der Waals surface area contributed by atoms with Crippen molar-refractivity contribution in [2.75, 3.05) is 18.5 Å². The first-order valence-corrected chi connectivity index (χ1v) is 12.0. The summed E-state index contributed by atoms with van der Waals surface area (Å²) in [6.45, 7) is 8.51. The Morgan fingerprint density at radius 1 is 1.13 bits per heavy atom. The van der Waals surface area contributed by atoms with E-state index in [2.05, 4.69) is 50.7 Å². The minimum atomic E-state index is 0.271.